The van der Waals surface area contributed by atoms with Crippen LogP contribution in [0.25, 0.3) is 0 Å². The van der Waals surface area contributed by atoms with Gasteiger partial charge in [-0.2, -0.15) is 4.39 Å². The Hall–Kier alpha value is -2.36. The average molecular weight is 387 g/mol. The number of ether oxygens (including phenoxy) is 4. The molecule has 26 heavy (non-hydrogen) atoms. The second-order valence-electron chi connectivity index (χ2n) is 5.41. The molecule has 10 heteroatoms. The maximum Gasteiger partial charge on any atom is 0.303 e. The predicted molar refractivity (Wildman–Crippen MR) is 87.7 cm³/mol. The maximum absolute atomic E-state index is 13.8. The fourth-order valence-electron chi connectivity index (χ4n) is 2.39. The second kappa shape index (κ2) is 8.84. The van der Waals surface area contributed by atoms with Crippen LogP contribution in [0.3, 0.4) is 0 Å². The first-order valence-corrected chi connectivity index (χ1v) is 8.73. The number of aromatic nitrogens is 1. The number of nitrogens with zero attached hydrogens (tertiary/aromatic N) is 1. The summed E-state index contributed by atoms with van der Waals surface area (Å²) >= 11 is 1.14. The lowest BCUT2D eigenvalue weighted by molar-refractivity contribution is -0.186. The monoisotopic (exact) mass is 387 g/mol. The SMILES string of the molecule is CC(=O)O[C@@H]1[C@@H](OC(C)=O)[C@H](OC(C)=O)CS[C@H]1Oc1cccnc1F. The summed E-state index contributed by atoms with van der Waals surface area (Å²) in [4.78, 5) is 37.8. The molecular weight excluding hydrogens is 369 g/mol. The van der Waals surface area contributed by atoms with Crippen molar-refractivity contribution in [2.75, 3.05) is 5.75 Å². The van der Waals surface area contributed by atoms with Gasteiger partial charge in [0, 0.05) is 32.7 Å². The first-order valence-electron chi connectivity index (χ1n) is 7.68. The van der Waals surface area contributed by atoms with Crippen molar-refractivity contribution in [3.8, 4) is 5.75 Å². The van der Waals surface area contributed by atoms with Crippen LogP contribution in [-0.2, 0) is 28.6 Å². The fraction of sp³-hybridized carbons (Fsp3) is 0.500. The van der Waals surface area contributed by atoms with Gasteiger partial charge in [0.25, 0.3) is 5.95 Å². The molecule has 1 aliphatic heterocycles. The summed E-state index contributed by atoms with van der Waals surface area (Å²) < 4.78 is 35.0. The zero-order valence-corrected chi connectivity index (χ0v) is 15.2. The molecule has 142 valence electrons. The van der Waals surface area contributed by atoms with Gasteiger partial charge in [-0.25, -0.2) is 4.98 Å². The van der Waals surface area contributed by atoms with Gasteiger partial charge in [0.2, 0.25) is 0 Å². The standard InChI is InChI=1S/C16H18FNO7S/c1-8(19)22-12-7-26-16(25-11-5-4-6-18-15(11)17)14(24-10(3)21)13(12)23-9(2)20/h4-6,12-14,16H,7H2,1-3H3/t12-,13+,14-,16-/m1/s1. The third kappa shape index (κ3) is 5.32. The Labute approximate surface area is 153 Å². The predicted octanol–water partition coefficient (Wildman–Crippen LogP) is 1.47. The van der Waals surface area contributed by atoms with E-state index in [1.165, 1.54) is 39.1 Å². The zero-order chi connectivity index (χ0) is 19.3. The Kier molecular flexibility index (Phi) is 6.78. The summed E-state index contributed by atoms with van der Waals surface area (Å²) in [6.07, 6.45) is -1.78. The summed E-state index contributed by atoms with van der Waals surface area (Å²) in [6.45, 7) is 3.56. The van der Waals surface area contributed by atoms with Crippen LogP contribution in [0.5, 0.6) is 5.75 Å². The van der Waals surface area contributed by atoms with E-state index in [2.05, 4.69) is 4.98 Å². The van der Waals surface area contributed by atoms with E-state index in [1.807, 2.05) is 0 Å². The molecule has 0 saturated carbocycles. The molecule has 0 radical (unpaired) electrons. The molecule has 4 atom stereocenters. The molecule has 2 heterocycles. The molecule has 1 saturated heterocycles. The highest BCUT2D eigenvalue weighted by Crippen LogP contribution is 2.34. The van der Waals surface area contributed by atoms with Crippen LogP contribution in [0, 0.1) is 5.95 Å². The molecule has 1 aromatic rings. The number of carbonyl (C=O) groups is 3. The highest BCUT2D eigenvalue weighted by atomic mass is 32.2. The van der Waals surface area contributed by atoms with Crippen LogP contribution in [0.4, 0.5) is 4.39 Å². The minimum absolute atomic E-state index is 0.144. The molecule has 0 N–H and O–H groups in total. The van der Waals surface area contributed by atoms with Crippen molar-refractivity contribution in [2.24, 2.45) is 0 Å². The van der Waals surface area contributed by atoms with Crippen LogP contribution >= 0.6 is 11.8 Å². The fourth-order valence-corrected chi connectivity index (χ4v) is 3.60. The highest BCUT2D eigenvalue weighted by Gasteiger charge is 2.47. The van der Waals surface area contributed by atoms with Crippen molar-refractivity contribution < 1.29 is 37.7 Å². The van der Waals surface area contributed by atoms with Gasteiger partial charge in [0.1, 0.15) is 0 Å². The van der Waals surface area contributed by atoms with Crippen LogP contribution in [-0.4, -0.2) is 52.4 Å². The number of esters is 3. The van der Waals surface area contributed by atoms with Crippen molar-refractivity contribution in [3.05, 3.63) is 24.3 Å². The Morgan fingerprint density at radius 2 is 1.69 bits per heavy atom. The lowest BCUT2D eigenvalue weighted by Crippen LogP contribution is -2.55. The summed E-state index contributed by atoms with van der Waals surface area (Å²) in [5, 5.41) is 0. The summed E-state index contributed by atoms with van der Waals surface area (Å²) in [7, 11) is 0. The normalized spacial score (nSPS) is 25.1. The minimum Gasteiger partial charge on any atom is -0.471 e. The average Bonchev–Trinajstić information content (AvgIpc) is 2.53. The number of hydrogen-bond acceptors (Lipinski definition) is 9. The quantitative estimate of drug-likeness (QED) is 0.422. The van der Waals surface area contributed by atoms with Gasteiger partial charge in [0.15, 0.2) is 29.5 Å². The van der Waals surface area contributed by atoms with Gasteiger partial charge in [-0.3, -0.25) is 14.4 Å². The van der Waals surface area contributed by atoms with Crippen molar-refractivity contribution >= 4 is 29.7 Å². The molecule has 1 aromatic heterocycles. The minimum atomic E-state index is -1.11. The number of hydrogen-bond donors (Lipinski definition) is 0. The van der Waals surface area contributed by atoms with E-state index in [1.54, 1.807) is 0 Å². The number of rotatable bonds is 5. The van der Waals surface area contributed by atoms with Gasteiger partial charge >= 0.3 is 17.9 Å². The second-order valence-corrected chi connectivity index (χ2v) is 6.54. The number of halogens is 1. The summed E-state index contributed by atoms with van der Waals surface area (Å²) in [5.74, 6) is -2.66. The summed E-state index contributed by atoms with van der Waals surface area (Å²) in [6, 6.07) is 2.85. The van der Waals surface area contributed by atoms with E-state index in [-0.39, 0.29) is 11.5 Å². The van der Waals surface area contributed by atoms with Crippen molar-refractivity contribution in [1.82, 2.24) is 4.98 Å². The smallest absolute Gasteiger partial charge is 0.303 e. The van der Waals surface area contributed by atoms with E-state index in [4.69, 9.17) is 18.9 Å². The van der Waals surface area contributed by atoms with Gasteiger partial charge in [-0.15, -0.1) is 11.8 Å². The van der Waals surface area contributed by atoms with Crippen LogP contribution < -0.4 is 4.74 Å². The lowest BCUT2D eigenvalue weighted by atomic mass is 10.1. The lowest BCUT2D eigenvalue weighted by Gasteiger charge is -2.39. The topological polar surface area (TPSA) is 101 Å². The molecule has 0 aromatic carbocycles. The molecule has 1 fully saturated rings. The molecule has 0 spiro atoms. The van der Waals surface area contributed by atoms with Crippen LogP contribution in [0.1, 0.15) is 20.8 Å². The van der Waals surface area contributed by atoms with Crippen molar-refractivity contribution in [2.45, 2.75) is 44.5 Å². The van der Waals surface area contributed by atoms with E-state index >= 15 is 0 Å². The highest BCUT2D eigenvalue weighted by molar-refractivity contribution is 7.99. The third-order valence-electron chi connectivity index (χ3n) is 3.27. The van der Waals surface area contributed by atoms with E-state index in [0.717, 1.165) is 11.8 Å². The Morgan fingerprint density at radius 1 is 1.08 bits per heavy atom. The van der Waals surface area contributed by atoms with Crippen LogP contribution in [0.15, 0.2) is 18.3 Å². The molecule has 0 aliphatic carbocycles. The van der Waals surface area contributed by atoms with Gasteiger partial charge in [-0.05, 0) is 12.1 Å². The molecule has 0 bridgehead atoms. The number of thioether (sulfide) groups is 1. The maximum atomic E-state index is 13.8. The third-order valence-corrected chi connectivity index (χ3v) is 4.49. The van der Waals surface area contributed by atoms with Crippen molar-refractivity contribution in [1.29, 1.82) is 0 Å². The van der Waals surface area contributed by atoms with Gasteiger partial charge in [0.05, 0.1) is 0 Å². The number of carbonyl (C=O) groups excluding carboxylic acids is 3. The van der Waals surface area contributed by atoms with Crippen molar-refractivity contribution in [3.63, 3.8) is 0 Å². The molecule has 1 aliphatic rings. The molecule has 0 amide bonds. The van der Waals surface area contributed by atoms with Crippen LogP contribution in [0.2, 0.25) is 0 Å². The van der Waals surface area contributed by atoms with E-state index < -0.39 is 47.6 Å². The molecular formula is C16H18FNO7S. The Bertz CT molecular complexity index is 686. The summed E-state index contributed by atoms with van der Waals surface area (Å²) in [5.41, 5.74) is -0.895. The largest absolute Gasteiger partial charge is 0.471 e. The van der Waals surface area contributed by atoms with E-state index in [0.29, 0.717) is 0 Å². The molecule has 0 unspecified atom stereocenters. The van der Waals surface area contributed by atoms with E-state index in [9.17, 15) is 18.8 Å². The number of pyridine rings is 1. The first-order chi connectivity index (χ1) is 12.3. The Balaban J connectivity index is 2.29. The van der Waals surface area contributed by atoms with Gasteiger partial charge in [-0.1, -0.05) is 0 Å². The first kappa shape index (κ1) is 20.0. The van der Waals surface area contributed by atoms with Gasteiger partial charge < -0.3 is 18.9 Å². The zero-order valence-electron chi connectivity index (χ0n) is 14.3. The Morgan fingerprint density at radius 3 is 2.27 bits per heavy atom. The molecule has 2 rings (SSSR count). The molecule has 8 nitrogen and oxygen atoms in total.